The first-order valence-electron chi connectivity index (χ1n) is 11.0. The summed E-state index contributed by atoms with van der Waals surface area (Å²) in [5, 5.41) is 5.39. The standard InChI is InChI=1S/C25H26F3N3O4/c1-4-5-12-31-15(2)20(23(33)35-3)21(30-24(31)34)16-8-7-11-19(14-16)29-22(32)17-9-6-10-18(13-17)25(26,27)28/h6-11,13-14,21H,4-5,12H2,1-3H3,(H,29,32)(H,30,34). The van der Waals surface area contributed by atoms with Crippen LogP contribution in [-0.2, 0) is 15.7 Å². The Labute approximate surface area is 200 Å². The lowest BCUT2D eigenvalue weighted by Crippen LogP contribution is -2.48. The van der Waals surface area contributed by atoms with Gasteiger partial charge in [-0.25, -0.2) is 9.59 Å². The molecule has 0 aromatic heterocycles. The summed E-state index contributed by atoms with van der Waals surface area (Å²) in [6.45, 7) is 4.10. The molecule has 3 amide bonds. The van der Waals surface area contributed by atoms with Crippen LogP contribution < -0.4 is 10.6 Å². The van der Waals surface area contributed by atoms with E-state index in [1.165, 1.54) is 18.1 Å². The number of hydrogen-bond acceptors (Lipinski definition) is 4. The minimum Gasteiger partial charge on any atom is -0.466 e. The fourth-order valence-electron chi connectivity index (χ4n) is 3.83. The van der Waals surface area contributed by atoms with E-state index in [9.17, 15) is 27.6 Å². The Bertz CT molecular complexity index is 1160. The quantitative estimate of drug-likeness (QED) is 0.519. The summed E-state index contributed by atoms with van der Waals surface area (Å²) >= 11 is 0. The van der Waals surface area contributed by atoms with E-state index in [4.69, 9.17) is 4.74 Å². The van der Waals surface area contributed by atoms with Gasteiger partial charge in [0.05, 0.1) is 24.3 Å². The summed E-state index contributed by atoms with van der Waals surface area (Å²) < 4.78 is 43.9. The third-order valence-electron chi connectivity index (χ3n) is 5.67. The number of carbonyl (C=O) groups excluding carboxylic acids is 3. The molecular formula is C25H26F3N3O4. The van der Waals surface area contributed by atoms with Crippen LogP contribution in [0.4, 0.5) is 23.7 Å². The second-order valence-electron chi connectivity index (χ2n) is 8.04. The van der Waals surface area contributed by atoms with Gasteiger partial charge >= 0.3 is 18.2 Å². The summed E-state index contributed by atoms with van der Waals surface area (Å²) in [4.78, 5) is 39.5. The van der Waals surface area contributed by atoms with Crippen molar-refractivity contribution in [3.05, 3.63) is 76.5 Å². The predicted molar refractivity (Wildman–Crippen MR) is 123 cm³/mol. The molecule has 1 unspecified atom stereocenters. The van der Waals surface area contributed by atoms with Gasteiger partial charge in [-0.15, -0.1) is 0 Å². The fourth-order valence-corrected chi connectivity index (χ4v) is 3.83. The summed E-state index contributed by atoms with van der Waals surface area (Å²) in [5.74, 6) is -1.33. The Kier molecular flexibility index (Phi) is 7.83. The lowest BCUT2D eigenvalue weighted by Gasteiger charge is -2.35. The predicted octanol–water partition coefficient (Wildman–Crippen LogP) is 5.27. The van der Waals surface area contributed by atoms with Gasteiger partial charge in [-0.1, -0.05) is 31.5 Å². The molecule has 186 valence electrons. The third-order valence-corrected chi connectivity index (χ3v) is 5.67. The van der Waals surface area contributed by atoms with Crippen LogP contribution in [0.3, 0.4) is 0 Å². The zero-order chi connectivity index (χ0) is 25.8. The number of methoxy groups -OCH3 is 1. The summed E-state index contributed by atoms with van der Waals surface area (Å²) in [6.07, 6.45) is -2.96. The van der Waals surface area contributed by atoms with Crippen molar-refractivity contribution >= 4 is 23.6 Å². The number of halogens is 3. The van der Waals surface area contributed by atoms with Gasteiger partial charge in [-0.3, -0.25) is 9.69 Å². The van der Waals surface area contributed by atoms with Crippen molar-refractivity contribution in [2.75, 3.05) is 19.0 Å². The average molecular weight is 489 g/mol. The number of allylic oxidation sites excluding steroid dienone is 1. The molecule has 0 saturated heterocycles. The van der Waals surface area contributed by atoms with Gasteiger partial charge in [-0.2, -0.15) is 13.2 Å². The Morgan fingerprint density at radius 2 is 1.86 bits per heavy atom. The maximum absolute atomic E-state index is 13.0. The lowest BCUT2D eigenvalue weighted by molar-refractivity contribution is -0.138. The number of ether oxygens (including phenoxy) is 1. The Morgan fingerprint density at radius 3 is 2.51 bits per heavy atom. The molecule has 3 rings (SSSR count). The molecule has 2 aromatic rings. The summed E-state index contributed by atoms with van der Waals surface area (Å²) in [5.41, 5.74) is 0.417. The third kappa shape index (κ3) is 5.82. The minimum atomic E-state index is -4.57. The van der Waals surface area contributed by atoms with Crippen LogP contribution in [-0.4, -0.2) is 36.5 Å². The fraction of sp³-hybridized carbons (Fsp3) is 0.320. The number of nitrogens with zero attached hydrogens (tertiary/aromatic N) is 1. The Morgan fingerprint density at radius 1 is 1.14 bits per heavy atom. The van der Waals surface area contributed by atoms with Gasteiger partial charge in [0.15, 0.2) is 0 Å². The molecule has 0 spiro atoms. The molecule has 0 radical (unpaired) electrons. The van der Waals surface area contributed by atoms with Crippen molar-refractivity contribution in [2.45, 2.75) is 38.9 Å². The van der Waals surface area contributed by atoms with Crippen molar-refractivity contribution in [2.24, 2.45) is 0 Å². The highest BCUT2D eigenvalue weighted by Crippen LogP contribution is 2.33. The topological polar surface area (TPSA) is 87.7 Å². The molecule has 0 saturated carbocycles. The number of hydrogen-bond donors (Lipinski definition) is 2. The van der Waals surface area contributed by atoms with Crippen LogP contribution >= 0.6 is 0 Å². The van der Waals surface area contributed by atoms with Crippen molar-refractivity contribution in [1.29, 1.82) is 0 Å². The van der Waals surface area contributed by atoms with Crippen LogP contribution in [0.15, 0.2) is 59.8 Å². The maximum Gasteiger partial charge on any atom is 0.416 e. The Hall–Kier alpha value is -3.82. The number of anilines is 1. The smallest absolute Gasteiger partial charge is 0.416 e. The van der Waals surface area contributed by atoms with E-state index in [1.54, 1.807) is 31.2 Å². The number of esters is 1. The van der Waals surface area contributed by atoms with Crippen molar-refractivity contribution in [3.63, 3.8) is 0 Å². The van der Waals surface area contributed by atoms with Gasteiger partial charge in [0.1, 0.15) is 0 Å². The van der Waals surface area contributed by atoms with Crippen LogP contribution in [0.2, 0.25) is 0 Å². The van der Waals surface area contributed by atoms with Crippen LogP contribution in [0.5, 0.6) is 0 Å². The lowest BCUT2D eigenvalue weighted by atomic mass is 9.94. The van der Waals surface area contributed by atoms with Crippen LogP contribution in [0.25, 0.3) is 0 Å². The molecule has 1 heterocycles. The second-order valence-corrected chi connectivity index (χ2v) is 8.04. The molecular weight excluding hydrogens is 463 g/mol. The Balaban J connectivity index is 1.91. The molecule has 1 aliphatic heterocycles. The molecule has 0 bridgehead atoms. The van der Waals surface area contributed by atoms with Crippen molar-refractivity contribution in [1.82, 2.24) is 10.2 Å². The minimum absolute atomic E-state index is 0.159. The average Bonchev–Trinajstić information content (AvgIpc) is 2.83. The van der Waals surface area contributed by atoms with Gasteiger partial charge < -0.3 is 15.4 Å². The number of nitrogens with one attached hydrogen (secondary N) is 2. The van der Waals surface area contributed by atoms with E-state index in [1.807, 2.05) is 6.92 Å². The largest absolute Gasteiger partial charge is 0.466 e. The number of urea groups is 1. The number of carbonyl (C=O) groups is 3. The molecule has 35 heavy (non-hydrogen) atoms. The normalized spacial score (nSPS) is 16.1. The van der Waals surface area contributed by atoms with Crippen LogP contribution in [0, 0.1) is 0 Å². The van der Waals surface area contributed by atoms with E-state index in [2.05, 4.69) is 10.6 Å². The highest BCUT2D eigenvalue weighted by molar-refractivity contribution is 6.04. The zero-order valence-corrected chi connectivity index (χ0v) is 19.5. The number of amides is 3. The van der Waals surface area contributed by atoms with Gasteiger partial charge in [0.2, 0.25) is 0 Å². The monoisotopic (exact) mass is 489 g/mol. The summed E-state index contributed by atoms with van der Waals surface area (Å²) in [7, 11) is 1.25. The molecule has 10 heteroatoms. The highest BCUT2D eigenvalue weighted by Gasteiger charge is 2.36. The second kappa shape index (κ2) is 10.6. The first kappa shape index (κ1) is 25.8. The summed E-state index contributed by atoms with van der Waals surface area (Å²) in [6, 6.07) is 9.28. The first-order chi connectivity index (χ1) is 16.6. The van der Waals surface area contributed by atoms with E-state index in [-0.39, 0.29) is 22.9 Å². The van der Waals surface area contributed by atoms with Crippen molar-refractivity contribution < 1.29 is 32.3 Å². The number of benzene rings is 2. The number of alkyl halides is 3. The molecule has 1 atom stereocenters. The first-order valence-corrected chi connectivity index (χ1v) is 11.0. The van der Waals surface area contributed by atoms with Gasteiger partial charge in [-0.05, 0) is 49.2 Å². The van der Waals surface area contributed by atoms with E-state index >= 15 is 0 Å². The van der Waals surface area contributed by atoms with E-state index < -0.39 is 29.7 Å². The van der Waals surface area contributed by atoms with Gasteiger partial charge in [0, 0.05) is 23.5 Å². The molecule has 2 aromatic carbocycles. The van der Waals surface area contributed by atoms with E-state index in [0.29, 0.717) is 17.8 Å². The van der Waals surface area contributed by atoms with Crippen molar-refractivity contribution in [3.8, 4) is 0 Å². The number of rotatable bonds is 7. The maximum atomic E-state index is 13.0. The highest BCUT2D eigenvalue weighted by atomic mass is 19.4. The molecule has 7 nitrogen and oxygen atoms in total. The molecule has 2 N–H and O–H groups in total. The zero-order valence-electron chi connectivity index (χ0n) is 19.5. The molecule has 0 aliphatic carbocycles. The van der Waals surface area contributed by atoms with Gasteiger partial charge in [0.25, 0.3) is 5.91 Å². The molecule has 1 aliphatic rings. The molecule has 0 fully saturated rings. The number of unbranched alkanes of at least 4 members (excludes halogenated alkanes) is 1. The van der Waals surface area contributed by atoms with E-state index in [0.717, 1.165) is 31.0 Å². The SMILES string of the molecule is CCCCN1C(=O)NC(c2cccc(NC(=O)c3cccc(C(F)(F)F)c3)c2)C(C(=O)OC)=C1C. The van der Waals surface area contributed by atoms with Crippen LogP contribution in [0.1, 0.15) is 54.2 Å².